The average Bonchev–Trinajstić information content (AvgIpc) is 2.84. The predicted molar refractivity (Wildman–Crippen MR) is 77.3 cm³/mol. The number of aliphatic hydroxyl groups excluding tert-OH is 1. The Labute approximate surface area is 118 Å². The molecule has 1 rings (SSSR count). The van der Waals surface area contributed by atoms with Crippen LogP contribution in [0.25, 0.3) is 0 Å². The highest BCUT2D eigenvalue weighted by molar-refractivity contribution is 7.09. The zero-order chi connectivity index (χ0) is 14.3. The Morgan fingerprint density at radius 3 is 2.79 bits per heavy atom. The maximum absolute atomic E-state index is 11.8. The maximum Gasteiger partial charge on any atom is 0.315 e. The molecule has 3 N–H and O–H groups in total. The molecule has 1 unspecified atom stereocenters. The molecule has 1 aromatic rings. The van der Waals surface area contributed by atoms with Crippen molar-refractivity contribution in [2.45, 2.75) is 52.1 Å². The average molecular weight is 285 g/mol. The third kappa shape index (κ3) is 5.16. The van der Waals surface area contributed by atoms with Crippen LogP contribution in [0.15, 0.2) is 5.38 Å². The molecule has 5 nitrogen and oxygen atoms in total. The highest BCUT2D eigenvalue weighted by Gasteiger charge is 2.24. The standard InChI is InChI=1S/C13H23N3O2S/c1-4-6-13(3,9-17)16-12(18)14-7-10-8-19-11(5-2)15-10/h8,17H,4-7,9H2,1-3H3,(H2,14,16,18). The topological polar surface area (TPSA) is 74.2 Å². The lowest BCUT2D eigenvalue weighted by Gasteiger charge is -2.28. The van der Waals surface area contributed by atoms with Crippen molar-refractivity contribution in [1.82, 2.24) is 15.6 Å². The van der Waals surface area contributed by atoms with Crippen molar-refractivity contribution in [3.63, 3.8) is 0 Å². The normalized spacial score (nSPS) is 13.9. The number of amides is 2. The molecule has 0 bridgehead atoms. The molecule has 0 aliphatic carbocycles. The minimum atomic E-state index is -0.560. The van der Waals surface area contributed by atoms with E-state index in [2.05, 4.69) is 22.5 Å². The van der Waals surface area contributed by atoms with Crippen LogP contribution >= 0.6 is 11.3 Å². The van der Waals surface area contributed by atoms with Gasteiger partial charge in [0.15, 0.2) is 0 Å². The van der Waals surface area contributed by atoms with E-state index in [4.69, 9.17) is 0 Å². The molecule has 108 valence electrons. The van der Waals surface area contributed by atoms with Gasteiger partial charge in [-0.25, -0.2) is 9.78 Å². The molecule has 19 heavy (non-hydrogen) atoms. The van der Waals surface area contributed by atoms with E-state index < -0.39 is 5.54 Å². The van der Waals surface area contributed by atoms with Gasteiger partial charge in [-0.3, -0.25) is 0 Å². The number of aromatic nitrogens is 1. The largest absolute Gasteiger partial charge is 0.394 e. The number of rotatable bonds is 7. The van der Waals surface area contributed by atoms with Crippen molar-refractivity contribution >= 4 is 17.4 Å². The van der Waals surface area contributed by atoms with Gasteiger partial charge in [0.2, 0.25) is 0 Å². The molecule has 6 heteroatoms. The maximum atomic E-state index is 11.8. The fourth-order valence-corrected chi connectivity index (χ4v) is 2.56. The second kappa shape index (κ2) is 7.45. The number of carbonyl (C=O) groups is 1. The van der Waals surface area contributed by atoms with Gasteiger partial charge in [0.1, 0.15) is 0 Å². The van der Waals surface area contributed by atoms with Crippen LogP contribution in [0, 0.1) is 0 Å². The van der Waals surface area contributed by atoms with Crippen LogP contribution < -0.4 is 10.6 Å². The van der Waals surface area contributed by atoms with E-state index in [1.807, 2.05) is 19.2 Å². The third-order valence-corrected chi connectivity index (χ3v) is 3.94. The minimum Gasteiger partial charge on any atom is -0.394 e. The first-order chi connectivity index (χ1) is 9.03. The molecule has 0 aromatic carbocycles. The van der Waals surface area contributed by atoms with Crippen LogP contribution in [0.5, 0.6) is 0 Å². The van der Waals surface area contributed by atoms with E-state index in [0.717, 1.165) is 30.0 Å². The zero-order valence-corrected chi connectivity index (χ0v) is 12.6. The number of aryl methyl sites for hydroxylation is 1. The Kier molecular flexibility index (Phi) is 6.24. The zero-order valence-electron chi connectivity index (χ0n) is 11.8. The van der Waals surface area contributed by atoms with Gasteiger partial charge in [-0.05, 0) is 19.8 Å². The molecule has 0 aliphatic rings. The number of hydrogen-bond acceptors (Lipinski definition) is 4. The first-order valence-electron chi connectivity index (χ1n) is 6.63. The van der Waals surface area contributed by atoms with Crippen molar-refractivity contribution in [2.24, 2.45) is 0 Å². The predicted octanol–water partition coefficient (Wildman–Crippen LogP) is 2.06. The van der Waals surface area contributed by atoms with Gasteiger partial charge in [-0.1, -0.05) is 20.3 Å². The summed E-state index contributed by atoms with van der Waals surface area (Å²) >= 11 is 1.60. The smallest absolute Gasteiger partial charge is 0.315 e. The molecule has 0 fully saturated rings. The van der Waals surface area contributed by atoms with E-state index in [9.17, 15) is 9.90 Å². The molecule has 2 amide bonds. The lowest BCUT2D eigenvalue weighted by molar-refractivity contribution is 0.163. The van der Waals surface area contributed by atoms with Crippen LogP contribution in [-0.2, 0) is 13.0 Å². The molecule has 0 radical (unpaired) electrons. The monoisotopic (exact) mass is 285 g/mol. The molecular formula is C13H23N3O2S. The van der Waals surface area contributed by atoms with Gasteiger partial charge in [-0.15, -0.1) is 11.3 Å². The summed E-state index contributed by atoms with van der Waals surface area (Å²) in [4.78, 5) is 16.2. The van der Waals surface area contributed by atoms with E-state index >= 15 is 0 Å². The van der Waals surface area contributed by atoms with Gasteiger partial charge in [0.05, 0.1) is 29.4 Å². The molecule has 0 saturated heterocycles. The van der Waals surface area contributed by atoms with Gasteiger partial charge >= 0.3 is 6.03 Å². The van der Waals surface area contributed by atoms with Gasteiger partial charge in [-0.2, -0.15) is 0 Å². The van der Waals surface area contributed by atoms with Gasteiger partial charge in [0, 0.05) is 5.38 Å². The minimum absolute atomic E-state index is 0.0645. The molecule has 0 saturated carbocycles. The summed E-state index contributed by atoms with van der Waals surface area (Å²) in [5, 5.41) is 17.9. The Bertz CT molecular complexity index is 408. The number of nitrogens with one attached hydrogen (secondary N) is 2. The summed E-state index contributed by atoms with van der Waals surface area (Å²) in [6, 6.07) is -0.268. The summed E-state index contributed by atoms with van der Waals surface area (Å²) in [6.45, 7) is 6.27. The van der Waals surface area contributed by atoms with E-state index in [0.29, 0.717) is 6.54 Å². The van der Waals surface area contributed by atoms with Gasteiger partial charge in [0.25, 0.3) is 0 Å². The summed E-state index contributed by atoms with van der Waals surface area (Å²) in [5.41, 5.74) is 0.313. The van der Waals surface area contributed by atoms with Crippen LogP contribution in [0.2, 0.25) is 0 Å². The van der Waals surface area contributed by atoms with Crippen LogP contribution in [0.1, 0.15) is 44.3 Å². The van der Waals surface area contributed by atoms with Crippen molar-refractivity contribution in [3.8, 4) is 0 Å². The van der Waals surface area contributed by atoms with E-state index in [-0.39, 0.29) is 12.6 Å². The molecule has 0 spiro atoms. The first-order valence-corrected chi connectivity index (χ1v) is 7.51. The van der Waals surface area contributed by atoms with E-state index in [1.165, 1.54) is 0 Å². The molecular weight excluding hydrogens is 262 g/mol. The Morgan fingerprint density at radius 1 is 1.53 bits per heavy atom. The Morgan fingerprint density at radius 2 is 2.26 bits per heavy atom. The number of thiazole rings is 1. The quantitative estimate of drug-likeness (QED) is 0.718. The van der Waals surface area contributed by atoms with Crippen molar-refractivity contribution in [3.05, 3.63) is 16.1 Å². The number of urea groups is 1. The van der Waals surface area contributed by atoms with Crippen LogP contribution in [0.4, 0.5) is 4.79 Å². The lowest BCUT2D eigenvalue weighted by atomic mass is 9.98. The third-order valence-electron chi connectivity index (χ3n) is 2.90. The summed E-state index contributed by atoms with van der Waals surface area (Å²) < 4.78 is 0. The fourth-order valence-electron chi connectivity index (χ4n) is 1.81. The molecule has 1 atom stereocenters. The highest BCUT2D eigenvalue weighted by atomic mass is 32.1. The van der Waals surface area contributed by atoms with E-state index in [1.54, 1.807) is 11.3 Å². The summed E-state index contributed by atoms with van der Waals surface area (Å²) in [5.74, 6) is 0. The van der Waals surface area contributed by atoms with Crippen molar-refractivity contribution in [2.75, 3.05) is 6.61 Å². The number of carbonyl (C=O) groups excluding carboxylic acids is 1. The molecule has 1 aromatic heterocycles. The van der Waals surface area contributed by atoms with Crippen molar-refractivity contribution < 1.29 is 9.90 Å². The first kappa shape index (κ1) is 15.9. The second-order valence-corrected chi connectivity index (χ2v) is 5.81. The second-order valence-electron chi connectivity index (χ2n) is 4.86. The summed E-state index contributed by atoms with van der Waals surface area (Å²) in [7, 11) is 0. The number of nitrogens with zero attached hydrogens (tertiary/aromatic N) is 1. The number of aliphatic hydroxyl groups is 1. The SMILES string of the molecule is CCCC(C)(CO)NC(=O)NCc1csc(CC)n1. The molecule has 0 aliphatic heterocycles. The fraction of sp³-hybridized carbons (Fsp3) is 0.692. The Hall–Kier alpha value is -1.14. The Balaban J connectivity index is 2.42. The van der Waals surface area contributed by atoms with Crippen molar-refractivity contribution in [1.29, 1.82) is 0 Å². The summed E-state index contributed by atoms with van der Waals surface area (Å²) in [6.07, 6.45) is 2.56. The highest BCUT2D eigenvalue weighted by Crippen LogP contribution is 2.12. The van der Waals surface area contributed by atoms with Crippen LogP contribution in [-0.4, -0.2) is 28.3 Å². The molecule has 1 heterocycles. The van der Waals surface area contributed by atoms with Crippen LogP contribution in [0.3, 0.4) is 0 Å². The number of hydrogen-bond donors (Lipinski definition) is 3. The lowest BCUT2D eigenvalue weighted by Crippen LogP contribution is -2.52. The van der Waals surface area contributed by atoms with Gasteiger partial charge < -0.3 is 15.7 Å².